The van der Waals surface area contributed by atoms with E-state index in [1.165, 1.54) is 32.1 Å². The molecule has 7 nitrogen and oxygen atoms in total. The van der Waals surface area contributed by atoms with Crippen molar-refractivity contribution in [3.05, 3.63) is 0 Å². The van der Waals surface area contributed by atoms with E-state index in [9.17, 15) is 24.9 Å². The molecule has 3 atom stereocenters. The Balaban J connectivity index is 4.11. The first-order chi connectivity index (χ1) is 11.8. The molecule has 0 rings (SSSR count). The van der Waals surface area contributed by atoms with Crippen LogP contribution in [0.5, 0.6) is 0 Å². The monoisotopic (exact) mass is 362 g/mol. The van der Waals surface area contributed by atoms with Gasteiger partial charge < -0.3 is 25.2 Å². The highest BCUT2D eigenvalue weighted by atomic mass is 16.7. The Morgan fingerprint density at radius 2 is 1.44 bits per heavy atom. The van der Waals surface area contributed by atoms with Crippen LogP contribution in [0.3, 0.4) is 0 Å². The molecule has 7 heteroatoms. The molecule has 4 N–H and O–H groups in total. The zero-order valence-electron chi connectivity index (χ0n) is 15.4. The minimum absolute atomic E-state index is 0.00731. The SMILES string of the molecule is CCCCCCCCCCCC(=O)OC(O)(C(=O)C(O)CO)C(C)O. The maximum absolute atomic E-state index is 11.8. The summed E-state index contributed by atoms with van der Waals surface area (Å²) in [5.41, 5.74) is 0. The van der Waals surface area contributed by atoms with Crippen LogP contribution in [-0.4, -0.2) is 56.8 Å². The molecule has 0 saturated carbocycles. The molecule has 0 aromatic rings. The first-order valence-electron chi connectivity index (χ1n) is 9.25. The summed E-state index contributed by atoms with van der Waals surface area (Å²) in [5, 5.41) is 37.7. The molecule has 0 radical (unpaired) electrons. The first-order valence-corrected chi connectivity index (χ1v) is 9.25. The van der Waals surface area contributed by atoms with E-state index in [0.717, 1.165) is 26.2 Å². The highest BCUT2D eigenvalue weighted by Gasteiger charge is 2.47. The van der Waals surface area contributed by atoms with E-state index in [1.54, 1.807) is 0 Å². The molecule has 0 aliphatic carbocycles. The van der Waals surface area contributed by atoms with Gasteiger partial charge in [0.15, 0.2) is 0 Å². The summed E-state index contributed by atoms with van der Waals surface area (Å²) in [6.45, 7) is 2.30. The van der Waals surface area contributed by atoms with Crippen molar-refractivity contribution >= 4 is 11.8 Å². The number of carbonyl (C=O) groups excluding carboxylic acids is 2. The fraction of sp³-hybridized carbons (Fsp3) is 0.889. The number of aliphatic hydroxyl groups is 4. The lowest BCUT2D eigenvalue weighted by Crippen LogP contribution is -2.56. The molecule has 0 aliphatic heterocycles. The largest absolute Gasteiger partial charge is 0.422 e. The molecule has 0 aromatic heterocycles. The van der Waals surface area contributed by atoms with Crippen molar-refractivity contribution in [3.63, 3.8) is 0 Å². The molecule has 0 amide bonds. The number of hydrogen-bond acceptors (Lipinski definition) is 7. The summed E-state index contributed by atoms with van der Waals surface area (Å²) in [7, 11) is 0. The van der Waals surface area contributed by atoms with Crippen molar-refractivity contribution in [2.45, 2.75) is 96.1 Å². The van der Waals surface area contributed by atoms with Crippen molar-refractivity contribution in [2.24, 2.45) is 0 Å². The lowest BCUT2D eigenvalue weighted by atomic mass is 10.0. The van der Waals surface area contributed by atoms with Gasteiger partial charge in [-0.1, -0.05) is 58.3 Å². The van der Waals surface area contributed by atoms with Crippen LogP contribution in [0.2, 0.25) is 0 Å². The number of rotatable bonds is 15. The third-order valence-corrected chi connectivity index (χ3v) is 4.15. The van der Waals surface area contributed by atoms with E-state index >= 15 is 0 Å². The van der Waals surface area contributed by atoms with Crippen molar-refractivity contribution < 1.29 is 34.8 Å². The summed E-state index contributed by atoms with van der Waals surface area (Å²) < 4.78 is 4.70. The fourth-order valence-electron chi connectivity index (χ4n) is 2.47. The number of aliphatic hydroxyl groups excluding tert-OH is 3. The second-order valence-electron chi connectivity index (χ2n) is 6.49. The molecular weight excluding hydrogens is 328 g/mol. The Bertz CT molecular complexity index is 384. The minimum atomic E-state index is -2.85. The number of ether oxygens (including phenoxy) is 1. The molecule has 148 valence electrons. The van der Waals surface area contributed by atoms with E-state index < -0.39 is 36.4 Å². The van der Waals surface area contributed by atoms with Gasteiger partial charge in [0.2, 0.25) is 5.78 Å². The Morgan fingerprint density at radius 1 is 0.960 bits per heavy atom. The second kappa shape index (κ2) is 13.2. The summed E-state index contributed by atoms with van der Waals surface area (Å²) in [4.78, 5) is 23.6. The van der Waals surface area contributed by atoms with Crippen LogP contribution in [0.1, 0.15) is 78.1 Å². The van der Waals surface area contributed by atoms with E-state index in [4.69, 9.17) is 9.84 Å². The van der Waals surface area contributed by atoms with Crippen molar-refractivity contribution in [1.82, 2.24) is 0 Å². The third kappa shape index (κ3) is 9.30. The number of carbonyl (C=O) groups is 2. The minimum Gasteiger partial charge on any atom is -0.422 e. The highest BCUT2D eigenvalue weighted by Crippen LogP contribution is 2.19. The number of Topliss-reactive ketones (excluding diaryl/α,β-unsaturated/α-hetero) is 1. The van der Waals surface area contributed by atoms with Gasteiger partial charge in [-0.05, 0) is 13.3 Å². The zero-order chi connectivity index (χ0) is 19.3. The molecule has 0 aliphatic rings. The molecular formula is C18H34O7. The predicted octanol–water partition coefficient (Wildman–Crippen LogP) is 1.44. The third-order valence-electron chi connectivity index (χ3n) is 4.15. The predicted molar refractivity (Wildman–Crippen MR) is 92.7 cm³/mol. The van der Waals surface area contributed by atoms with Gasteiger partial charge >= 0.3 is 5.97 Å². The smallest absolute Gasteiger partial charge is 0.308 e. The Morgan fingerprint density at radius 3 is 1.88 bits per heavy atom. The quantitative estimate of drug-likeness (QED) is 0.197. The molecule has 0 fully saturated rings. The average molecular weight is 362 g/mol. The van der Waals surface area contributed by atoms with E-state index in [-0.39, 0.29) is 6.42 Å². The lowest BCUT2D eigenvalue weighted by Gasteiger charge is -2.30. The van der Waals surface area contributed by atoms with E-state index in [2.05, 4.69) is 6.92 Å². The van der Waals surface area contributed by atoms with Gasteiger partial charge in [-0.15, -0.1) is 0 Å². The van der Waals surface area contributed by atoms with Crippen LogP contribution in [0.25, 0.3) is 0 Å². The van der Waals surface area contributed by atoms with Gasteiger partial charge in [-0.2, -0.15) is 0 Å². The average Bonchev–Trinajstić information content (AvgIpc) is 2.58. The van der Waals surface area contributed by atoms with Crippen LogP contribution in [0.4, 0.5) is 0 Å². The van der Waals surface area contributed by atoms with Crippen molar-refractivity contribution in [2.75, 3.05) is 6.61 Å². The van der Waals surface area contributed by atoms with Gasteiger partial charge in [-0.25, -0.2) is 0 Å². The van der Waals surface area contributed by atoms with Crippen LogP contribution >= 0.6 is 0 Å². The number of unbranched alkanes of at least 4 members (excludes halogenated alkanes) is 8. The van der Waals surface area contributed by atoms with Crippen LogP contribution in [0.15, 0.2) is 0 Å². The van der Waals surface area contributed by atoms with Crippen LogP contribution < -0.4 is 0 Å². The van der Waals surface area contributed by atoms with Crippen LogP contribution in [-0.2, 0) is 14.3 Å². The number of hydrogen-bond donors (Lipinski definition) is 4. The number of ketones is 1. The number of esters is 1. The molecule has 0 spiro atoms. The zero-order valence-corrected chi connectivity index (χ0v) is 15.4. The Kier molecular flexibility index (Phi) is 12.7. The van der Waals surface area contributed by atoms with E-state index in [1.807, 2.05) is 0 Å². The Hall–Kier alpha value is -1.02. The second-order valence-corrected chi connectivity index (χ2v) is 6.49. The van der Waals surface area contributed by atoms with Crippen LogP contribution in [0, 0.1) is 0 Å². The maximum Gasteiger partial charge on any atom is 0.308 e. The van der Waals surface area contributed by atoms with Gasteiger partial charge in [0.1, 0.15) is 12.2 Å². The van der Waals surface area contributed by atoms with Gasteiger partial charge in [0.05, 0.1) is 6.61 Å². The van der Waals surface area contributed by atoms with Crippen molar-refractivity contribution in [1.29, 1.82) is 0 Å². The fourth-order valence-corrected chi connectivity index (χ4v) is 2.47. The normalized spacial score (nSPS) is 16.1. The summed E-state index contributed by atoms with van der Waals surface area (Å²) >= 11 is 0. The standard InChI is InChI=1S/C18H34O7/c1-3-4-5-6-7-8-9-10-11-12-16(22)25-18(24,14(2)20)17(23)15(21)13-19/h14-15,19-21,24H,3-13H2,1-2H3. The summed E-state index contributed by atoms with van der Waals surface area (Å²) in [5.74, 6) is -5.02. The topological polar surface area (TPSA) is 124 Å². The van der Waals surface area contributed by atoms with E-state index in [0.29, 0.717) is 6.42 Å². The Labute approximate surface area is 150 Å². The molecule has 0 aromatic carbocycles. The molecule has 0 heterocycles. The maximum atomic E-state index is 11.8. The van der Waals surface area contributed by atoms with Crippen molar-refractivity contribution in [3.8, 4) is 0 Å². The molecule has 3 unspecified atom stereocenters. The van der Waals surface area contributed by atoms with Gasteiger partial charge in [-0.3, -0.25) is 9.59 Å². The highest BCUT2D eigenvalue weighted by molar-refractivity contribution is 5.92. The van der Waals surface area contributed by atoms with Gasteiger partial charge in [0, 0.05) is 6.42 Å². The molecule has 25 heavy (non-hydrogen) atoms. The molecule has 0 saturated heterocycles. The summed E-state index contributed by atoms with van der Waals surface area (Å²) in [6, 6.07) is 0. The summed E-state index contributed by atoms with van der Waals surface area (Å²) in [6.07, 6.45) is 6.01. The first kappa shape index (κ1) is 24.0. The van der Waals surface area contributed by atoms with Gasteiger partial charge in [0.25, 0.3) is 5.79 Å². The molecule has 0 bridgehead atoms. The lowest BCUT2D eigenvalue weighted by molar-refractivity contribution is -0.241.